The summed E-state index contributed by atoms with van der Waals surface area (Å²) in [6.07, 6.45) is 0.858. The van der Waals surface area contributed by atoms with Crippen LogP contribution in [0.25, 0.3) is 0 Å². The van der Waals surface area contributed by atoms with Crippen molar-refractivity contribution < 1.29 is 5.11 Å². The number of hydrogen-bond acceptors (Lipinski definition) is 2. The lowest BCUT2D eigenvalue weighted by atomic mass is 10.1. The molecule has 14 heavy (non-hydrogen) atoms. The Labute approximate surface area is 90.5 Å². The second-order valence-electron chi connectivity index (χ2n) is 3.50. The molecule has 0 saturated carbocycles. The molecule has 78 valence electrons. The topological polar surface area (TPSA) is 20.2 Å². The van der Waals surface area contributed by atoms with E-state index in [1.165, 1.54) is 12.0 Å². The Morgan fingerprint density at radius 2 is 2.21 bits per heavy atom. The highest BCUT2D eigenvalue weighted by molar-refractivity contribution is 7.99. The molecule has 1 N–H and O–H groups in total. The van der Waals surface area contributed by atoms with Gasteiger partial charge in [-0.15, -0.1) is 0 Å². The Hall–Kier alpha value is -0.470. The second kappa shape index (κ2) is 6.10. The maximum Gasteiger partial charge on any atom is 0.0880 e. The van der Waals surface area contributed by atoms with Crippen LogP contribution in [0.4, 0.5) is 0 Å². The van der Waals surface area contributed by atoms with Gasteiger partial charge in [-0.25, -0.2) is 0 Å². The highest BCUT2D eigenvalue weighted by Gasteiger charge is 2.06. The normalized spacial score (nSPS) is 12.8. The first kappa shape index (κ1) is 11.6. The van der Waals surface area contributed by atoms with Crippen molar-refractivity contribution in [1.82, 2.24) is 0 Å². The molecule has 0 spiro atoms. The largest absolute Gasteiger partial charge is 0.388 e. The maximum absolute atomic E-state index is 9.85. The van der Waals surface area contributed by atoms with Crippen molar-refractivity contribution >= 4 is 11.8 Å². The summed E-state index contributed by atoms with van der Waals surface area (Å²) in [5.41, 5.74) is 2.25. The molecule has 1 aromatic rings. The van der Waals surface area contributed by atoms with Crippen molar-refractivity contribution in [2.45, 2.75) is 26.4 Å². The highest BCUT2D eigenvalue weighted by atomic mass is 32.2. The molecular weight excluding hydrogens is 192 g/mol. The molecule has 0 aliphatic rings. The van der Waals surface area contributed by atoms with E-state index in [4.69, 9.17) is 0 Å². The van der Waals surface area contributed by atoms with E-state index < -0.39 is 0 Å². The lowest BCUT2D eigenvalue weighted by Crippen LogP contribution is -2.01. The third-order valence-electron chi connectivity index (χ3n) is 2.05. The molecule has 1 nitrogen and oxygen atoms in total. The van der Waals surface area contributed by atoms with Crippen molar-refractivity contribution in [1.29, 1.82) is 0 Å². The van der Waals surface area contributed by atoms with E-state index in [1.54, 1.807) is 0 Å². The molecule has 1 aromatic carbocycles. The van der Waals surface area contributed by atoms with E-state index >= 15 is 0 Å². The van der Waals surface area contributed by atoms with Crippen molar-refractivity contribution in [3.8, 4) is 0 Å². The third kappa shape index (κ3) is 3.72. The van der Waals surface area contributed by atoms with Crippen LogP contribution in [0.5, 0.6) is 0 Å². The molecule has 2 heteroatoms. The Kier molecular flexibility index (Phi) is 5.05. The number of aliphatic hydroxyl groups excluding tert-OH is 1. The number of aliphatic hydroxyl groups is 1. The fraction of sp³-hybridized carbons (Fsp3) is 0.500. The number of aryl methyl sites for hydroxylation is 1. The van der Waals surface area contributed by atoms with Gasteiger partial charge < -0.3 is 5.11 Å². The summed E-state index contributed by atoms with van der Waals surface area (Å²) in [5, 5.41) is 9.85. The highest BCUT2D eigenvalue weighted by Crippen LogP contribution is 2.19. The summed E-state index contributed by atoms with van der Waals surface area (Å²) in [6, 6.07) is 8.09. The SMILES string of the molecule is CCCSCC(O)c1cccc(C)c1. The fourth-order valence-electron chi connectivity index (χ4n) is 1.31. The lowest BCUT2D eigenvalue weighted by Gasteiger charge is -2.10. The zero-order valence-corrected chi connectivity index (χ0v) is 9.68. The molecule has 1 atom stereocenters. The minimum absolute atomic E-state index is 0.313. The van der Waals surface area contributed by atoms with Crippen LogP contribution in [0.2, 0.25) is 0 Å². The number of benzene rings is 1. The Bertz CT molecular complexity index is 273. The quantitative estimate of drug-likeness (QED) is 0.753. The molecule has 0 radical (unpaired) electrons. The average Bonchev–Trinajstić information content (AvgIpc) is 2.18. The maximum atomic E-state index is 9.85. The standard InChI is InChI=1S/C12H18OS/c1-3-7-14-9-12(13)11-6-4-5-10(2)8-11/h4-6,8,12-13H,3,7,9H2,1-2H3. The predicted octanol–water partition coefficient (Wildman–Crippen LogP) is 3.17. The molecule has 0 fully saturated rings. The first-order valence-electron chi connectivity index (χ1n) is 5.06. The number of thioether (sulfide) groups is 1. The van der Waals surface area contributed by atoms with Crippen molar-refractivity contribution in [2.75, 3.05) is 11.5 Å². The average molecular weight is 210 g/mol. The summed E-state index contributed by atoms with van der Waals surface area (Å²) in [7, 11) is 0. The molecule has 0 heterocycles. The first-order chi connectivity index (χ1) is 6.74. The van der Waals surface area contributed by atoms with Gasteiger partial charge in [0.1, 0.15) is 0 Å². The van der Waals surface area contributed by atoms with Gasteiger partial charge in [-0.05, 0) is 24.7 Å². The summed E-state index contributed by atoms with van der Waals surface area (Å²) in [6.45, 7) is 4.21. The van der Waals surface area contributed by atoms with E-state index in [9.17, 15) is 5.11 Å². The summed E-state index contributed by atoms with van der Waals surface area (Å²) < 4.78 is 0. The van der Waals surface area contributed by atoms with Crippen molar-refractivity contribution in [3.05, 3.63) is 35.4 Å². The zero-order valence-electron chi connectivity index (χ0n) is 8.86. The minimum Gasteiger partial charge on any atom is -0.388 e. The van der Waals surface area contributed by atoms with Crippen LogP contribution in [-0.2, 0) is 0 Å². The first-order valence-corrected chi connectivity index (χ1v) is 6.22. The Balaban J connectivity index is 2.47. The van der Waals surface area contributed by atoms with Crippen LogP contribution in [-0.4, -0.2) is 16.6 Å². The molecule has 0 saturated heterocycles. The monoisotopic (exact) mass is 210 g/mol. The van der Waals surface area contributed by atoms with Gasteiger partial charge in [0.25, 0.3) is 0 Å². The van der Waals surface area contributed by atoms with Gasteiger partial charge in [0.2, 0.25) is 0 Å². The van der Waals surface area contributed by atoms with E-state index in [-0.39, 0.29) is 6.10 Å². The molecule has 1 rings (SSSR count). The van der Waals surface area contributed by atoms with E-state index in [0.29, 0.717) is 0 Å². The Morgan fingerprint density at radius 1 is 1.43 bits per heavy atom. The van der Waals surface area contributed by atoms with Crippen molar-refractivity contribution in [2.24, 2.45) is 0 Å². The predicted molar refractivity (Wildman–Crippen MR) is 63.8 cm³/mol. The van der Waals surface area contributed by atoms with Gasteiger partial charge in [-0.1, -0.05) is 36.8 Å². The van der Waals surface area contributed by atoms with Crippen LogP contribution in [0.1, 0.15) is 30.6 Å². The Morgan fingerprint density at radius 3 is 2.86 bits per heavy atom. The molecular formula is C12H18OS. The minimum atomic E-state index is -0.313. The van der Waals surface area contributed by atoms with E-state index in [2.05, 4.69) is 26.0 Å². The molecule has 0 aliphatic carbocycles. The number of rotatable bonds is 5. The van der Waals surface area contributed by atoms with Crippen LogP contribution >= 0.6 is 11.8 Å². The second-order valence-corrected chi connectivity index (χ2v) is 4.65. The van der Waals surface area contributed by atoms with Gasteiger partial charge in [0, 0.05) is 5.75 Å². The smallest absolute Gasteiger partial charge is 0.0880 e. The van der Waals surface area contributed by atoms with Crippen LogP contribution in [0.15, 0.2) is 24.3 Å². The van der Waals surface area contributed by atoms with Gasteiger partial charge in [0.15, 0.2) is 0 Å². The summed E-state index contributed by atoms with van der Waals surface area (Å²) >= 11 is 1.81. The van der Waals surface area contributed by atoms with Gasteiger partial charge in [0.05, 0.1) is 6.10 Å². The summed E-state index contributed by atoms with van der Waals surface area (Å²) in [5.74, 6) is 1.93. The van der Waals surface area contributed by atoms with Gasteiger partial charge in [-0.3, -0.25) is 0 Å². The van der Waals surface area contributed by atoms with E-state index in [0.717, 1.165) is 17.1 Å². The van der Waals surface area contributed by atoms with Crippen LogP contribution in [0.3, 0.4) is 0 Å². The molecule has 1 unspecified atom stereocenters. The van der Waals surface area contributed by atoms with Gasteiger partial charge >= 0.3 is 0 Å². The lowest BCUT2D eigenvalue weighted by molar-refractivity contribution is 0.204. The van der Waals surface area contributed by atoms with Crippen LogP contribution in [0, 0.1) is 6.92 Å². The molecule has 0 aliphatic heterocycles. The molecule has 0 aromatic heterocycles. The van der Waals surface area contributed by atoms with E-state index in [1.807, 2.05) is 23.9 Å². The molecule has 0 amide bonds. The summed E-state index contributed by atoms with van der Waals surface area (Å²) in [4.78, 5) is 0. The fourth-order valence-corrected chi connectivity index (χ4v) is 2.18. The van der Waals surface area contributed by atoms with Gasteiger partial charge in [-0.2, -0.15) is 11.8 Å². The zero-order chi connectivity index (χ0) is 10.4. The van der Waals surface area contributed by atoms with Crippen molar-refractivity contribution in [3.63, 3.8) is 0 Å². The molecule has 0 bridgehead atoms. The third-order valence-corrected chi connectivity index (χ3v) is 3.30. The number of hydrogen-bond donors (Lipinski definition) is 1. The van der Waals surface area contributed by atoms with Crippen LogP contribution < -0.4 is 0 Å².